The van der Waals surface area contributed by atoms with Gasteiger partial charge in [0.2, 0.25) is 0 Å². The lowest BCUT2D eigenvalue weighted by Crippen LogP contribution is -2.26. The van der Waals surface area contributed by atoms with Gasteiger partial charge in [-0.05, 0) is 43.2 Å². The molecule has 1 aliphatic rings. The Morgan fingerprint density at radius 2 is 2.08 bits per heavy atom. The Labute approximate surface area is 145 Å². The van der Waals surface area contributed by atoms with E-state index in [-0.39, 0.29) is 6.04 Å². The predicted molar refractivity (Wildman–Crippen MR) is 96.0 cm³/mol. The number of hydrogen-bond donors (Lipinski definition) is 1. The Morgan fingerprint density at radius 3 is 2.96 bits per heavy atom. The van der Waals surface area contributed by atoms with Crippen molar-refractivity contribution in [2.24, 2.45) is 0 Å². The highest BCUT2D eigenvalue weighted by Gasteiger charge is 2.29. The fourth-order valence-electron chi connectivity index (χ4n) is 3.14. The fourth-order valence-corrected chi connectivity index (χ4v) is 3.14. The lowest BCUT2D eigenvalue weighted by atomic mass is 10.1. The van der Waals surface area contributed by atoms with E-state index in [9.17, 15) is 0 Å². The molecule has 0 radical (unpaired) electrons. The van der Waals surface area contributed by atoms with Crippen molar-refractivity contribution < 1.29 is 0 Å². The van der Waals surface area contributed by atoms with E-state index < -0.39 is 0 Å². The summed E-state index contributed by atoms with van der Waals surface area (Å²) in [6, 6.07) is 17.9. The highest BCUT2D eigenvalue weighted by atomic mass is 15.4. The first-order valence-corrected chi connectivity index (χ1v) is 8.08. The zero-order chi connectivity index (χ0) is 17.2. The van der Waals surface area contributed by atoms with Crippen LogP contribution in [0.5, 0.6) is 0 Å². The minimum atomic E-state index is 0.274. The zero-order valence-electron chi connectivity index (χ0n) is 13.7. The van der Waals surface area contributed by atoms with Crippen molar-refractivity contribution in [1.29, 1.82) is 5.26 Å². The third-order valence-corrected chi connectivity index (χ3v) is 4.23. The van der Waals surface area contributed by atoms with Crippen molar-refractivity contribution in [3.63, 3.8) is 0 Å². The highest BCUT2D eigenvalue weighted by Crippen LogP contribution is 2.36. The third-order valence-electron chi connectivity index (χ3n) is 4.23. The molecule has 1 atom stereocenters. The summed E-state index contributed by atoms with van der Waals surface area (Å²) in [6.07, 6.45) is 2.54. The summed E-state index contributed by atoms with van der Waals surface area (Å²) >= 11 is 0. The summed E-state index contributed by atoms with van der Waals surface area (Å²) < 4.78 is 0. The van der Waals surface area contributed by atoms with Gasteiger partial charge in [-0.1, -0.05) is 24.3 Å². The van der Waals surface area contributed by atoms with Crippen molar-refractivity contribution in [2.45, 2.75) is 19.4 Å². The van der Waals surface area contributed by atoms with Gasteiger partial charge >= 0.3 is 0 Å². The number of rotatable bonds is 3. The molecule has 0 saturated heterocycles. The van der Waals surface area contributed by atoms with Crippen LogP contribution in [0.25, 0.3) is 0 Å². The average Bonchev–Trinajstić information content (AvgIpc) is 2.98. The smallest absolute Gasteiger partial charge is 0.252 e. The molecule has 4 rings (SSSR count). The van der Waals surface area contributed by atoms with Crippen LogP contribution in [0, 0.1) is 11.3 Å². The first kappa shape index (κ1) is 15.1. The molecule has 6 nitrogen and oxygen atoms in total. The second-order valence-corrected chi connectivity index (χ2v) is 6.01. The molecule has 0 fully saturated rings. The molecule has 2 aromatic carbocycles. The number of aromatic nitrogens is 3. The van der Waals surface area contributed by atoms with Crippen LogP contribution in [-0.2, 0) is 6.42 Å². The number of anilines is 4. The van der Waals surface area contributed by atoms with Gasteiger partial charge in [-0.15, -0.1) is 5.10 Å². The van der Waals surface area contributed by atoms with Gasteiger partial charge in [0.1, 0.15) is 0 Å². The lowest BCUT2D eigenvalue weighted by molar-refractivity contribution is 0.730. The summed E-state index contributed by atoms with van der Waals surface area (Å²) in [5.41, 5.74) is 3.80. The van der Waals surface area contributed by atoms with Crippen LogP contribution in [0.15, 0.2) is 54.7 Å². The molecule has 0 amide bonds. The molecule has 0 spiro atoms. The molecular weight excluding hydrogens is 312 g/mol. The molecule has 0 bridgehead atoms. The van der Waals surface area contributed by atoms with Crippen LogP contribution in [0.4, 0.5) is 23.1 Å². The maximum absolute atomic E-state index is 9.02. The zero-order valence-corrected chi connectivity index (χ0v) is 13.7. The number of nitrogens with one attached hydrogen (secondary N) is 1. The molecule has 122 valence electrons. The van der Waals surface area contributed by atoms with E-state index >= 15 is 0 Å². The van der Waals surface area contributed by atoms with E-state index in [1.54, 1.807) is 18.3 Å². The maximum atomic E-state index is 9.02. The van der Waals surface area contributed by atoms with Gasteiger partial charge in [0.25, 0.3) is 5.95 Å². The molecule has 1 aliphatic heterocycles. The molecule has 1 aromatic heterocycles. The Bertz CT molecular complexity index is 962. The Morgan fingerprint density at radius 1 is 1.20 bits per heavy atom. The second-order valence-electron chi connectivity index (χ2n) is 6.01. The van der Waals surface area contributed by atoms with Crippen LogP contribution in [-0.4, -0.2) is 21.2 Å². The third kappa shape index (κ3) is 2.88. The SMILES string of the molecule is CC1Cc2ccccc2N1c1nncc(Nc2cccc(C#N)c2)n1. The summed E-state index contributed by atoms with van der Waals surface area (Å²) in [5.74, 6) is 1.16. The lowest BCUT2D eigenvalue weighted by Gasteiger charge is -2.22. The molecule has 25 heavy (non-hydrogen) atoms. The van der Waals surface area contributed by atoms with Gasteiger partial charge in [0, 0.05) is 17.4 Å². The number of benzene rings is 2. The Kier molecular flexibility index (Phi) is 3.75. The molecule has 3 aromatic rings. The van der Waals surface area contributed by atoms with Crippen LogP contribution in [0.1, 0.15) is 18.1 Å². The molecule has 6 heteroatoms. The van der Waals surface area contributed by atoms with Crippen molar-refractivity contribution in [3.05, 3.63) is 65.9 Å². The highest BCUT2D eigenvalue weighted by molar-refractivity contribution is 5.68. The number of nitriles is 1. The first-order valence-electron chi connectivity index (χ1n) is 8.08. The van der Waals surface area contributed by atoms with Crippen LogP contribution in [0.2, 0.25) is 0 Å². The molecule has 1 N–H and O–H groups in total. The molecular formula is C19H16N6. The largest absolute Gasteiger partial charge is 0.339 e. The predicted octanol–water partition coefficient (Wildman–Crippen LogP) is 3.57. The van der Waals surface area contributed by atoms with Crippen LogP contribution in [0.3, 0.4) is 0 Å². The summed E-state index contributed by atoms with van der Waals surface area (Å²) in [7, 11) is 0. The summed E-state index contributed by atoms with van der Waals surface area (Å²) in [5, 5.41) is 20.5. The van der Waals surface area contributed by atoms with E-state index in [2.05, 4.69) is 50.5 Å². The second kappa shape index (κ2) is 6.21. The summed E-state index contributed by atoms with van der Waals surface area (Å²) in [4.78, 5) is 6.72. The molecule has 0 aliphatic carbocycles. The van der Waals surface area contributed by atoms with Gasteiger partial charge in [-0.25, -0.2) is 0 Å². The molecule has 2 heterocycles. The topological polar surface area (TPSA) is 77.7 Å². The van der Waals surface area contributed by atoms with Crippen LogP contribution >= 0.6 is 0 Å². The van der Waals surface area contributed by atoms with Gasteiger partial charge in [0.15, 0.2) is 5.82 Å². The quantitative estimate of drug-likeness (QED) is 0.792. The number of hydrogen-bond acceptors (Lipinski definition) is 6. The van der Waals surface area contributed by atoms with Gasteiger partial charge in [-0.3, -0.25) is 0 Å². The minimum absolute atomic E-state index is 0.274. The first-order chi connectivity index (χ1) is 12.2. The van der Waals surface area contributed by atoms with Gasteiger partial charge < -0.3 is 10.2 Å². The normalized spacial score (nSPS) is 15.5. The standard InChI is InChI=1S/C19H16N6/c1-13-9-15-6-2-3-8-17(15)25(13)19-23-18(12-21-24-19)22-16-7-4-5-14(10-16)11-20/h2-8,10,12-13H,9H2,1H3,(H,22,23,24). The van der Waals surface area contributed by atoms with Gasteiger partial charge in [-0.2, -0.15) is 15.3 Å². The average molecular weight is 328 g/mol. The fraction of sp³-hybridized carbons (Fsp3) is 0.158. The minimum Gasteiger partial charge on any atom is -0.339 e. The Balaban J connectivity index is 1.65. The van der Waals surface area contributed by atoms with E-state index in [1.807, 2.05) is 24.3 Å². The van der Waals surface area contributed by atoms with Crippen molar-refractivity contribution in [1.82, 2.24) is 15.2 Å². The molecule has 1 unspecified atom stereocenters. The number of nitrogens with zero attached hydrogens (tertiary/aromatic N) is 5. The van der Waals surface area contributed by atoms with Crippen molar-refractivity contribution in [2.75, 3.05) is 10.2 Å². The van der Waals surface area contributed by atoms with Crippen LogP contribution < -0.4 is 10.2 Å². The van der Waals surface area contributed by atoms with Crippen molar-refractivity contribution >= 4 is 23.1 Å². The summed E-state index contributed by atoms with van der Waals surface area (Å²) in [6.45, 7) is 2.15. The van der Waals surface area contributed by atoms with Gasteiger partial charge in [0.05, 0.1) is 17.8 Å². The maximum Gasteiger partial charge on any atom is 0.252 e. The Hall–Kier alpha value is -3.46. The van der Waals surface area contributed by atoms with E-state index in [0.29, 0.717) is 17.3 Å². The van der Waals surface area contributed by atoms with Crippen molar-refractivity contribution in [3.8, 4) is 6.07 Å². The monoisotopic (exact) mass is 328 g/mol. The number of fused-ring (bicyclic) bond motifs is 1. The van der Waals surface area contributed by atoms with E-state index in [4.69, 9.17) is 5.26 Å². The number of para-hydroxylation sites is 1. The molecule has 0 saturated carbocycles. The van der Waals surface area contributed by atoms with E-state index in [1.165, 1.54) is 5.56 Å². The van der Waals surface area contributed by atoms with E-state index in [0.717, 1.165) is 17.8 Å².